The molecule has 0 fully saturated rings. The van der Waals surface area contributed by atoms with E-state index in [1.807, 2.05) is 0 Å². The Bertz CT molecular complexity index is 741. The number of nitrogens with zero attached hydrogens (tertiary/aromatic N) is 3. The van der Waals surface area contributed by atoms with Gasteiger partial charge in [-0.3, -0.25) is 9.48 Å². The van der Waals surface area contributed by atoms with Gasteiger partial charge in [0.1, 0.15) is 12.7 Å². The molecule has 0 saturated heterocycles. The van der Waals surface area contributed by atoms with Crippen LogP contribution >= 0.6 is 0 Å². The number of nitrogens with one attached hydrogen (secondary N) is 2. The molecule has 0 aliphatic carbocycles. The normalized spacial score (nSPS) is 12.8. The molecular formula is C14H19N5O3S. The van der Waals surface area contributed by atoms with E-state index >= 15 is 0 Å². The van der Waals surface area contributed by atoms with Crippen molar-refractivity contribution in [1.82, 2.24) is 19.5 Å². The summed E-state index contributed by atoms with van der Waals surface area (Å²) in [4.78, 5) is 15.3. The van der Waals surface area contributed by atoms with E-state index in [9.17, 15) is 13.2 Å². The molecule has 23 heavy (non-hydrogen) atoms. The van der Waals surface area contributed by atoms with Gasteiger partial charge in [0.15, 0.2) is 0 Å². The zero-order chi connectivity index (χ0) is 16.9. The van der Waals surface area contributed by atoms with Crippen LogP contribution in [0.3, 0.4) is 0 Å². The molecule has 0 saturated carbocycles. The summed E-state index contributed by atoms with van der Waals surface area (Å²) in [6.45, 7) is 3.87. The van der Waals surface area contributed by atoms with E-state index in [2.05, 4.69) is 20.1 Å². The van der Waals surface area contributed by atoms with Gasteiger partial charge in [0.25, 0.3) is 0 Å². The minimum atomic E-state index is -3.64. The summed E-state index contributed by atoms with van der Waals surface area (Å²) >= 11 is 0. The number of carbonyl (C=O) groups excluding carboxylic acids is 1. The molecule has 124 valence electrons. The first-order chi connectivity index (χ1) is 10.9. The topological polar surface area (TPSA) is 106 Å². The van der Waals surface area contributed by atoms with Crippen molar-refractivity contribution in [2.45, 2.75) is 37.8 Å². The van der Waals surface area contributed by atoms with Crippen LogP contribution in [-0.2, 0) is 21.4 Å². The van der Waals surface area contributed by atoms with Gasteiger partial charge in [-0.15, -0.1) is 0 Å². The summed E-state index contributed by atoms with van der Waals surface area (Å²) in [6, 6.07) is 5.68. The monoisotopic (exact) mass is 337 g/mol. The van der Waals surface area contributed by atoms with Crippen LogP contribution in [0.4, 0.5) is 5.69 Å². The summed E-state index contributed by atoms with van der Waals surface area (Å²) < 4.78 is 28.8. The molecule has 2 N–H and O–H groups in total. The number of anilines is 1. The fourth-order valence-electron chi connectivity index (χ4n) is 1.94. The third-order valence-electron chi connectivity index (χ3n) is 3.05. The lowest BCUT2D eigenvalue weighted by Crippen LogP contribution is -2.35. The first-order valence-electron chi connectivity index (χ1n) is 7.15. The van der Waals surface area contributed by atoms with Crippen molar-refractivity contribution in [3.05, 3.63) is 36.9 Å². The molecule has 2 rings (SSSR count). The summed E-state index contributed by atoms with van der Waals surface area (Å²) in [6.07, 6.45) is 3.28. The molecule has 1 atom stereocenters. The Morgan fingerprint density at radius 3 is 2.57 bits per heavy atom. The predicted molar refractivity (Wildman–Crippen MR) is 85.2 cm³/mol. The van der Waals surface area contributed by atoms with E-state index in [0.29, 0.717) is 18.7 Å². The quantitative estimate of drug-likeness (QED) is 0.784. The van der Waals surface area contributed by atoms with E-state index in [4.69, 9.17) is 0 Å². The summed E-state index contributed by atoms with van der Waals surface area (Å²) in [7, 11) is -3.64. The van der Waals surface area contributed by atoms with Crippen molar-refractivity contribution in [1.29, 1.82) is 0 Å². The Morgan fingerprint density at radius 1 is 1.30 bits per heavy atom. The summed E-state index contributed by atoms with van der Waals surface area (Å²) in [5.74, 6) is -0.125. The van der Waals surface area contributed by atoms with Crippen molar-refractivity contribution in [2.75, 3.05) is 5.32 Å². The summed E-state index contributed by atoms with van der Waals surface area (Å²) in [5, 5.41) is 6.60. The Balaban J connectivity index is 2.02. The number of rotatable bonds is 7. The second kappa shape index (κ2) is 7.34. The lowest BCUT2D eigenvalue weighted by molar-refractivity contribution is -0.115. The van der Waals surface area contributed by atoms with Crippen LogP contribution in [0, 0.1) is 0 Å². The summed E-state index contributed by atoms with van der Waals surface area (Å²) in [5.41, 5.74) is 0.562. The zero-order valence-corrected chi connectivity index (χ0v) is 13.7. The second-order valence-corrected chi connectivity index (χ2v) is 6.78. The standard InChI is InChI=1S/C14H19N5O3S/c1-3-14(20)17-12-4-6-13(7-5-12)23(21,22)18-11(2)8-19-10-15-9-16-19/h4-7,9-11,18H,3,8H2,1-2H3,(H,17,20)/t11-/m1/s1. The average Bonchev–Trinajstić information content (AvgIpc) is 2.99. The minimum absolute atomic E-state index is 0.125. The third-order valence-corrected chi connectivity index (χ3v) is 4.66. The molecule has 0 unspecified atom stereocenters. The minimum Gasteiger partial charge on any atom is -0.326 e. The van der Waals surface area contributed by atoms with Crippen LogP contribution < -0.4 is 10.0 Å². The molecular weight excluding hydrogens is 318 g/mol. The SMILES string of the molecule is CCC(=O)Nc1ccc(S(=O)(=O)N[C@H](C)Cn2cncn2)cc1. The maximum Gasteiger partial charge on any atom is 0.240 e. The Morgan fingerprint density at radius 2 is 2.00 bits per heavy atom. The smallest absolute Gasteiger partial charge is 0.240 e. The van der Waals surface area contributed by atoms with Gasteiger partial charge in [0, 0.05) is 18.2 Å². The van der Waals surface area contributed by atoms with Gasteiger partial charge in [0.05, 0.1) is 11.4 Å². The first kappa shape index (κ1) is 17.1. The fraction of sp³-hybridized carbons (Fsp3) is 0.357. The van der Waals surface area contributed by atoms with Gasteiger partial charge in [0.2, 0.25) is 15.9 Å². The number of aromatic nitrogens is 3. The van der Waals surface area contributed by atoms with Crippen LogP contribution in [0.1, 0.15) is 20.3 Å². The van der Waals surface area contributed by atoms with Crippen LogP contribution in [0.2, 0.25) is 0 Å². The van der Waals surface area contributed by atoms with E-state index < -0.39 is 10.0 Å². The van der Waals surface area contributed by atoms with Crippen LogP contribution in [0.5, 0.6) is 0 Å². The van der Waals surface area contributed by atoms with Crippen LogP contribution in [0.25, 0.3) is 0 Å². The van der Waals surface area contributed by atoms with E-state index in [1.54, 1.807) is 30.7 Å². The molecule has 0 bridgehead atoms. The molecule has 1 aromatic heterocycles. The van der Waals surface area contributed by atoms with Crippen molar-refractivity contribution >= 4 is 21.6 Å². The molecule has 0 spiro atoms. The van der Waals surface area contributed by atoms with Crippen LogP contribution in [-0.4, -0.2) is 35.1 Å². The first-order valence-corrected chi connectivity index (χ1v) is 8.63. The van der Waals surface area contributed by atoms with Crippen LogP contribution in [0.15, 0.2) is 41.8 Å². The van der Waals surface area contributed by atoms with Crippen molar-refractivity contribution < 1.29 is 13.2 Å². The lowest BCUT2D eigenvalue weighted by atomic mass is 10.3. The van der Waals surface area contributed by atoms with E-state index in [0.717, 1.165) is 0 Å². The number of amides is 1. The van der Waals surface area contributed by atoms with Crippen molar-refractivity contribution in [3.63, 3.8) is 0 Å². The molecule has 0 aliphatic rings. The number of carbonyl (C=O) groups is 1. The number of sulfonamides is 1. The Labute approximate surface area is 135 Å². The predicted octanol–water partition coefficient (Wildman–Crippen LogP) is 0.994. The van der Waals surface area contributed by atoms with Gasteiger partial charge in [-0.1, -0.05) is 6.92 Å². The molecule has 0 radical (unpaired) electrons. The maximum absolute atomic E-state index is 12.3. The van der Waals surface area contributed by atoms with Crippen molar-refractivity contribution in [3.8, 4) is 0 Å². The molecule has 2 aromatic rings. The van der Waals surface area contributed by atoms with Gasteiger partial charge >= 0.3 is 0 Å². The van der Waals surface area contributed by atoms with Gasteiger partial charge in [-0.25, -0.2) is 18.1 Å². The molecule has 1 amide bonds. The molecule has 9 heteroatoms. The average molecular weight is 337 g/mol. The molecule has 1 aromatic carbocycles. The maximum atomic E-state index is 12.3. The highest BCUT2D eigenvalue weighted by Crippen LogP contribution is 2.14. The molecule has 1 heterocycles. The number of hydrogen-bond acceptors (Lipinski definition) is 5. The fourth-order valence-corrected chi connectivity index (χ4v) is 3.18. The third kappa shape index (κ3) is 4.86. The highest BCUT2D eigenvalue weighted by atomic mass is 32.2. The second-order valence-electron chi connectivity index (χ2n) is 5.07. The van der Waals surface area contributed by atoms with Gasteiger partial charge in [-0.2, -0.15) is 5.10 Å². The molecule has 8 nitrogen and oxygen atoms in total. The number of hydrogen-bond donors (Lipinski definition) is 2. The van der Waals surface area contributed by atoms with Crippen molar-refractivity contribution in [2.24, 2.45) is 0 Å². The lowest BCUT2D eigenvalue weighted by Gasteiger charge is -2.14. The highest BCUT2D eigenvalue weighted by Gasteiger charge is 2.17. The van der Waals surface area contributed by atoms with Gasteiger partial charge < -0.3 is 5.32 Å². The van der Waals surface area contributed by atoms with Gasteiger partial charge in [-0.05, 0) is 31.2 Å². The molecule has 0 aliphatic heterocycles. The Kier molecular flexibility index (Phi) is 5.45. The van der Waals surface area contributed by atoms with E-state index in [-0.39, 0.29) is 16.8 Å². The largest absolute Gasteiger partial charge is 0.326 e. The highest BCUT2D eigenvalue weighted by molar-refractivity contribution is 7.89. The zero-order valence-electron chi connectivity index (χ0n) is 12.9. The Hall–Kier alpha value is -2.26. The number of benzene rings is 1. The van der Waals surface area contributed by atoms with E-state index in [1.165, 1.54) is 24.8 Å².